The minimum atomic E-state index is -0.748. The first-order valence-corrected chi connectivity index (χ1v) is 5.04. The van der Waals surface area contributed by atoms with Crippen molar-refractivity contribution >= 4 is 12.2 Å². The van der Waals surface area contributed by atoms with Gasteiger partial charge in [0.05, 0.1) is 6.04 Å². The summed E-state index contributed by atoms with van der Waals surface area (Å²) >= 11 is 0. The molecule has 2 unspecified atom stereocenters. The lowest BCUT2D eigenvalue weighted by Gasteiger charge is -2.23. The van der Waals surface area contributed by atoms with Gasteiger partial charge < -0.3 is 5.11 Å². The van der Waals surface area contributed by atoms with Crippen molar-refractivity contribution in [3.63, 3.8) is 0 Å². The second-order valence-corrected chi connectivity index (χ2v) is 3.90. The molecular weight excluding hydrogens is 192 g/mol. The highest BCUT2D eigenvalue weighted by molar-refractivity contribution is 5.69. The van der Waals surface area contributed by atoms with Gasteiger partial charge in [-0.15, -0.1) is 0 Å². The largest absolute Gasteiger partial charge is 0.481 e. The van der Waals surface area contributed by atoms with Crippen LogP contribution in [0, 0.1) is 5.92 Å². The average molecular weight is 206 g/mol. The van der Waals surface area contributed by atoms with E-state index in [4.69, 9.17) is 5.11 Å². The molecule has 2 aliphatic rings. The Morgan fingerprint density at radius 1 is 1.67 bits per heavy atom. The third-order valence-electron chi connectivity index (χ3n) is 2.79. The van der Waals surface area contributed by atoms with Gasteiger partial charge in [0.15, 0.2) is 0 Å². The van der Waals surface area contributed by atoms with Crippen LogP contribution in [0.15, 0.2) is 28.9 Å². The van der Waals surface area contributed by atoms with Crippen molar-refractivity contribution in [1.29, 1.82) is 0 Å². The molecule has 0 saturated carbocycles. The quantitative estimate of drug-likeness (QED) is 0.756. The van der Waals surface area contributed by atoms with Crippen LogP contribution >= 0.6 is 0 Å². The van der Waals surface area contributed by atoms with Crippen LogP contribution in [0.1, 0.15) is 12.8 Å². The van der Waals surface area contributed by atoms with E-state index in [9.17, 15) is 4.79 Å². The Hall–Kier alpha value is -1.58. The van der Waals surface area contributed by atoms with Crippen molar-refractivity contribution in [2.75, 3.05) is 7.05 Å². The maximum atomic E-state index is 10.4. The predicted molar refractivity (Wildman–Crippen MR) is 57.6 cm³/mol. The van der Waals surface area contributed by atoms with Gasteiger partial charge in [-0.05, 0) is 12.0 Å². The molecule has 0 fully saturated rings. The van der Waals surface area contributed by atoms with Crippen molar-refractivity contribution in [3.8, 4) is 0 Å². The van der Waals surface area contributed by atoms with E-state index in [1.54, 1.807) is 0 Å². The van der Waals surface area contributed by atoms with Gasteiger partial charge >= 0.3 is 5.97 Å². The summed E-state index contributed by atoms with van der Waals surface area (Å²) in [4.78, 5) is 10.4. The molecule has 0 amide bonds. The molecule has 0 saturated heterocycles. The molecule has 2 rings (SSSR count). The minimum absolute atomic E-state index is 0.193. The van der Waals surface area contributed by atoms with Gasteiger partial charge in [-0.3, -0.25) is 9.80 Å². The van der Waals surface area contributed by atoms with E-state index in [1.165, 1.54) is 0 Å². The molecule has 4 nitrogen and oxygen atoms in total. The first-order valence-electron chi connectivity index (χ1n) is 5.04. The maximum absolute atomic E-state index is 10.4. The Balaban J connectivity index is 2.01. The van der Waals surface area contributed by atoms with Crippen LogP contribution in [-0.2, 0) is 4.79 Å². The third kappa shape index (κ3) is 2.09. The number of fused-ring (bicyclic) bond motifs is 1. The van der Waals surface area contributed by atoms with E-state index in [1.807, 2.05) is 24.3 Å². The minimum Gasteiger partial charge on any atom is -0.481 e. The molecule has 80 valence electrons. The van der Waals surface area contributed by atoms with Crippen LogP contribution in [-0.4, -0.2) is 35.4 Å². The molecule has 0 spiro atoms. The number of aliphatic carboxylic acids is 1. The highest BCUT2D eigenvalue weighted by atomic mass is 16.4. The molecule has 2 atom stereocenters. The third-order valence-corrected chi connectivity index (χ3v) is 2.79. The number of carbonyl (C=O) groups is 1. The van der Waals surface area contributed by atoms with Gasteiger partial charge in [0, 0.05) is 25.6 Å². The fourth-order valence-corrected chi connectivity index (χ4v) is 1.91. The number of carboxylic acid groups (broad SMARTS) is 1. The first kappa shape index (κ1) is 9.96. The topological polar surface area (TPSA) is 52.9 Å². The van der Waals surface area contributed by atoms with Crippen LogP contribution < -0.4 is 0 Å². The average Bonchev–Trinajstić information content (AvgIpc) is 2.57. The summed E-state index contributed by atoms with van der Waals surface area (Å²) in [5.74, 6) is -0.397. The highest BCUT2D eigenvalue weighted by Crippen LogP contribution is 2.26. The zero-order valence-electron chi connectivity index (χ0n) is 8.63. The van der Waals surface area contributed by atoms with Crippen molar-refractivity contribution in [2.45, 2.75) is 18.9 Å². The van der Waals surface area contributed by atoms with Crippen molar-refractivity contribution in [2.24, 2.45) is 11.0 Å². The van der Waals surface area contributed by atoms with Crippen molar-refractivity contribution in [1.82, 2.24) is 5.01 Å². The zero-order chi connectivity index (χ0) is 10.8. The monoisotopic (exact) mass is 206 g/mol. The summed E-state index contributed by atoms with van der Waals surface area (Å²) in [5, 5.41) is 14.7. The molecule has 15 heavy (non-hydrogen) atoms. The number of hydrogen-bond donors (Lipinski definition) is 1. The van der Waals surface area contributed by atoms with Gasteiger partial charge in [0.2, 0.25) is 0 Å². The fraction of sp³-hybridized carbons (Fsp3) is 0.455. The van der Waals surface area contributed by atoms with E-state index in [0.29, 0.717) is 12.3 Å². The second kappa shape index (κ2) is 3.88. The van der Waals surface area contributed by atoms with Crippen LogP contribution in [0.4, 0.5) is 0 Å². The van der Waals surface area contributed by atoms with Crippen LogP contribution in [0.5, 0.6) is 0 Å². The number of hydrazone groups is 1. The van der Waals surface area contributed by atoms with Crippen LogP contribution in [0.25, 0.3) is 0 Å². The van der Waals surface area contributed by atoms with Gasteiger partial charge in [0.25, 0.3) is 0 Å². The fourth-order valence-electron chi connectivity index (χ4n) is 1.91. The van der Waals surface area contributed by atoms with Crippen LogP contribution in [0.3, 0.4) is 0 Å². The molecule has 0 aromatic rings. The van der Waals surface area contributed by atoms with Crippen molar-refractivity contribution < 1.29 is 9.90 Å². The van der Waals surface area contributed by atoms with Gasteiger partial charge in [-0.25, -0.2) is 0 Å². The predicted octanol–water partition coefficient (Wildman–Crippen LogP) is 1.26. The summed E-state index contributed by atoms with van der Waals surface area (Å²) in [5.41, 5.74) is 1.09. The number of likely N-dealkylation sites (N-methyl/N-ethyl adjacent to an activating group) is 1. The van der Waals surface area contributed by atoms with E-state index < -0.39 is 5.97 Å². The second-order valence-electron chi connectivity index (χ2n) is 3.90. The Bertz CT molecular complexity index is 358. The first-order chi connectivity index (χ1) is 7.16. The number of carboxylic acids is 1. The van der Waals surface area contributed by atoms with Crippen molar-refractivity contribution in [3.05, 3.63) is 23.8 Å². The Morgan fingerprint density at radius 2 is 2.47 bits per heavy atom. The SMILES string of the molecule is CN1N=CC2C=CC(CCC(=O)O)=CC21. The standard InChI is InChI=1S/C11H14N2O2/c1-13-10-6-8(3-5-11(14)15)2-4-9(10)7-12-13/h2,4,6-7,9-10H,3,5H2,1H3,(H,14,15). The molecule has 0 aromatic carbocycles. The highest BCUT2D eigenvalue weighted by Gasteiger charge is 2.27. The molecule has 1 heterocycles. The number of allylic oxidation sites excluding steroid dienone is 2. The van der Waals surface area contributed by atoms with E-state index in [2.05, 4.69) is 17.3 Å². The van der Waals surface area contributed by atoms with Gasteiger partial charge in [0.1, 0.15) is 0 Å². The smallest absolute Gasteiger partial charge is 0.303 e. The molecule has 0 aromatic heterocycles. The van der Waals surface area contributed by atoms with E-state index >= 15 is 0 Å². The van der Waals surface area contributed by atoms with Gasteiger partial charge in [-0.1, -0.05) is 18.2 Å². The molecule has 1 aliphatic heterocycles. The molecule has 0 radical (unpaired) electrons. The van der Waals surface area contributed by atoms with Crippen LogP contribution in [0.2, 0.25) is 0 Å². The Labute approximate surface area is 88.6 Å². The zero-order valence-corrected chi connectivity index (χ0v) is 8.63. The number of hydrogen-bond acceptors (Lipinski definition) is 3. The molecule has 1 aliphatic carbocycles. The van der Waals surface area contributed by atoms with Gasteiger partial charge in [-0.2, -0.15) is 5.10 Å². The summed E-state index contributed by atoms with van der Waals surface area (Å²) in [7, 11) is 1.94. The Kier molecular flexibility index (Phi) is 2.58. The summed E-state index contributed by atoms with van der Waals surface area (Å²) in [6.45, 7) is 0. The lowest BCUT2D eigenvalue weighted by molar-refractivity contribution is -0.136. The Morgan fingerprint density at radius 3 is 3.20 bits per heavy atom. The molecular formula is C11H14N2O2. The molecule has 0 bridgehead atoms. The summed E-state index contributed by atoms with van der Waals surface area (Å²) < 4.78 is 0. The summed E-state index contributed by atoms with van der Waals surface area (Å²) in [6.07, 6.45) is 8.93. The molecule has 1 N–H and O–H groups in total. The molecule has 4 heteroatoms. The maximum Gasteiger partial charge on any atom is 0.303 e. The van der Waals surface area contributed by atoms with E-state index in [-0.39, 0.29) is 12.5 Å². The lowest BCUT2D eigenvalue weighted by Crippen LogP contribution is -2.28. The number of rotatable bonds is 3. The summed E-state index contributed by atoms with van der Waals surface area (Å²) in [6, 6.07) is 0.277. The normalized spacial score (nSPS) is 27.8. The number of nitrogens with zero attached hydrogens (tertiary/aromatic N) is 2. The van der Waals surface area contributed by atoms with E-state index in [0.717, 1.165) is 5.57 Å². The lowest BCUT2D eigenvalue weighted by atomic mass is 9.91.